The van der Waals surface area contributed by atoms with E-state index in [0.29, 0.717) is 5.56 Å². The van der Waals surface area contributed by atoms with E-state index in [1.54, 1.807) is 19.9 Å². The maximum Gasteiger partial charge on any atom is 0.341 e. The van der Waals surface area contributed by atoms with Crippen LogP contribution in [0.1, 0.15) is 38.1 Å². The van der Waals surface area contributed by atoms with E-state index in [9.17, 15) is 14.4 Å². The summed E-state index contributed by atoms with van der Waals surface area (Å²) < 4.78 is 5.00. The monoisotopic (exact) mass is 358 g/mol. The van der Waals surface area contributed by atoms with Gasteiger partial charge in [0.15, 0.2) is 0 Å². The lowest BCUT2D eigenvalue weighted by Crippen LogP contribution is -2.13. The Morgan fingerprint density at radius 1 is 1.24 bits per heavy atom. The molecular formula is C18H18N2O4S. The summed E-state index contributed by atoms with van der Waals surface area (Å²) in [6, 6.07) is 9.31. The summed E-state index contributed by atoms with van der Waals surface area (Å²) in [4.78, 5) is 36.0. The number of hydrogen-bond acceptors (Lipinski definition) is 5. The number of amides is 2. The molecule has 1 aromatic carbocycles. The van der Waals surface area contributed by atoms with Gasteiger partial charge in [0.2, 0.25) is 5.91 Å². The van der Waals surface area contributed by atoms with Gasteiger partial charge in [-0.1, -0.05) is 30.3 Å². The summed E-state index contributed by atoms with van der Waals surface area (Å²) in [5, 5.41) is 2.86. The third kappa shape index (κ3) is 4.54. The van der Waals surface area contributed by atoms with Crippen LogP contribution in [-0.4, -0.2) is 24.4 Å². The van der Waals surface area contributed by atoms with Crippen molar-refractivity contribution in [2.24, 2.45) is 5.73 Å². The molecule has 2 aromatic rings. The molecule has 0 fully saturated rings. The SMILES string of the molecule is CCOC(=O)c1c(NC(=O)/C=C\c2ccccc2)sc(C(N)=O)c1C. The second-order valence-electron chi connectivity index (χ2n) is 5.08. The lowest BCUT2D eigenvalue weighted by Gasteiger charge is -2.05. The molecule has 3 N–H and O–H groups in total. The first-order valence-electron chi connectivity index (χ1n) is 7.58. The Kier molecular flexibility index (Phi) is 6.08. The number of rotatable bonds is 6. The molecule has 25 heavy (non-hydrogen) atoms. The second kappa shape index (κ2) is 8.25. The fourth-order valence-corrected chi connectivity index (χ4v) is 3.23. The number of anilines is 1. The number of nitrogens with one attached hydrogen (secondary N) is 1. The lowest BCUT2D eigenvalue weighted by atomic mass is 10.1. The molecule has 6 nitrogen and oxygen atoms in total. The van der Waals surface area contributed by atoms with Gasteiger partial charge in [-0.15, -0.1) is 11.3 Å². The van der Waals surface area contributed by atoms with Crippen molar-refractivity contribution in [3.63, 3.8) is 0 Å². The Labute approximate surface area is 149 Å². The van der Waals surface area contributed by atoms with Crippen LogP contribution in [0.3, 0.4) is 0 Å². The van der Waals surface area contributed by atoms with Gasteiger partial charge < -0.3 is 15.8 Å². The summed E-state index contributed by atoms with van der Waals surface area (Å²) in [7, 11) is 0. The zero-order chi connectivity index (χ0) is 18.4. The van der Waals surface area contributed by atoms with Gasteiger partial charge in [-0.2, -0.15) is 0 Å². The minimum Gasteiger partial charge on any atom is -0.462 e. The van der Waals surface area contributed by atoms with Crippen LogP contribution in [0.2, 0.25) is 0 Å². The number of esters is 1. The quantitative estimate of drug-likeness (QED) is 0.612. The molecule has 0 aliphatic rings. The topological polar surface area (TPSA) is 98.5 Å². The average molecular weight is 358 g/mol. The van der Waals surface area contributed by atoms with Gasteiger partial charge in [-0.25, -0.2) is 4.79 Å². The predicted molar refractivity (Wildman–Crippen MR) is 97.6 cm³/mol. The zero-order valence-corrected chi connectivity index (χ0v) is 14.7. The molecule has 0 bridgehead atoms. The van der Waals surface area contributed by atoms with E-state index in [1.807, 2.05) is 30.3 Å². The fraction of sp³-hybridized carbons (Fsp3) is 0.167. The van der Waals surface area contributed by atoms with Gasteiger partial charge in [-0.05, 0) is 31.1 Å². The van der Waals surface area contributed by atoms with Gasteiger partial charge in [0, 0.05) is 6.08 Å². The van der Waals surface area contributed by atoms with Crippen molar-refractivity contribution in [2.45, 2.75) is 13.8 Å². The molecule has 2 rings (SSSR count). The highest BCUT2D eigenvalue weighted by molar-refractivity contribution is 7.18. The van der Waals surface area contributed by atoms with Crippen LogP contribution in [-0.2, 0) is 9.53 Å². The first-order valence-corrected chi connectivity index (χ1v) is 8.40. The first kappa shape index (κ1) is 18.4. The Balaban J connectivity index is 2.27. The fourth-order valence-electron chi connectivity index (χ4n) is 2.18. The zero-order valence-electron chi connectivity index (χ0n) is 13.9. The Morgan fingerprint density at radius 3 is 2.52 bits per heavy atom. The largest absolute Gasteiger partial charge is 0.462 e. The number of hydrogen-bond donors (Lipinski definition) is 2. The van der Waals surface area contributed by atoms with Gasteiger partial charge in [0.25, 0.3) is 5.91 Å². The highest BCUT2D eigenvalue weighted by Crippen LogP contribution is 2.33. The van der Waals surface area contributed by atoms with Gasteiger partial charge >= 0.3 is 5.97 Å². The highest BCUT2D eigenvalue weighted by atomic mass is 32.1. The Hall–Kier alpha value is -2.93. The molecular weight excluding hydrogens is 340 g/mol. The molecule has 7 heteroatoms. The summed E-state index contributed by atoms with van der Waals surface area (Å²) in [5.41, 5.74) is 6.75. The van der Waals surface area contributed by atoms with Gasteiger partial charge in [-0.3, -0.25) is 9.59 Å². The standard InChI is InChI=1S/C18H18N2O4S/c1-3-24-18(23)14-11(2)15(16(19)22)25-17(14)20-13(21)10-9-12-7-5-4-6-8-12/h4-10H,3H2,1-2H3,(H2,19,22)(H,20,21)/b10-9-. The molecule has 2 amide bonds. The van der Waals surface area contributed by atoms with Crippen LogP contribution in [0.25, 0.3) is 6.08 Å². The molecule has 0 radical (unpaired) electrons. The predicted octanol–water partition coefficient (Wildman–Crippen LogP) is 2.98. The van der Waals surface area contributed by atoms with Crippen LogP contribution in [0, 0.1) is 6.92 Å². The van der Waals surface area contributed by atoms with Crippen molar-refractivity contribution in [1.29, 1.82) is 0 Å². The van der Waals surface area contributed by atoms with Crippen molar-refractivity contribution in [3.05, 3.63) is 58.0 Å². The highest BCUT2D eigenvalue weighted by Gasteiger charge is 2.25. The molecule has 0 aliphatic heterocycles. The second-order valence-corrected chi connectivity index (χ2v) is 6.10. The lowest BCUT2D eigenvalue weighted by molar-refractivity contribution is -0.111. The van der Waals surface area contributed by atoms with Crippen LogP contribution in [0.5, 0.6) is 0 Å². The van der Waals surface area contributed by atoms with E-state index in [2.05, 4.69) is 5.32 Å². The molecule has 1 heterocycles. The van der Waals surface area contributed by atoms with E-state index < -0.39 is 17.8 Å². The van der Waals surface area contributed by atoms with E-state index >= 15 is 0 Å². The third-order valence-corrected chi connectivity index (χ3v) is 4.54. The summed E-state index contributed by atoms with van der Waals surface area (Å²) in [5.74, 6) is -1.69. The van der Waals surface area contributed by atoms with Crippen LogP contribution in [0.4, 0.5) is 5.00 Å². The van der Waals surface area contributed by atoms with Crippen molar-refractivity contribution in [2.75, 3.05) is 11.9 Å². The minimum absolute atomic E-state index is 0.155. The van der Waals surface area contributed by atoms with E-state index in [0.717, 1.165) is 16.9 Å². The van der Waals surface area contributed by atoms with Crippen LogP contribution >= 0.6 is 11.3 Å². The molecule has 0 saturated carbocycles. The number of carbonyl (C=O) groups excluding carboxylic acids is 3. The maximum atomic E-state index is 12.1. The Bertz CT molecular complexity index is 825. The van der Waals surface area contributed by atoms with Crippen molar-refractivity contribution < 1.29 is 19.1 Å². The smallest absolute Gasteiger partial charge is 0.341 e. The van der Waals surface area contributed by atoms with Crippen LogP contribution in [0.15, 0.2) is 36.4 Å². The van der Waals surface area contributed by atoms with Gasteiger partial charge in [0.05, 0.1) is 17.0 Å². The van der Waals surface area contributed by atoms with E-state index in [1.165, 1.54) is 6.08 Å². The van der Waals surface area contributed by atoms with Crippen molar-refractivity contribution in [3.8, 4) is 0 Å². The number of nitrogens with two attached hydrogens (primary N) is 1. The number of primary amides is 1. The number of carbonyl (C=O) groups is 3. The molecule has 0 aliphatic carbocycles. The van der Waals surface area contributed by atoms with Crippen LogP contribution < -0.4 is 11.1 Å². The van der Waals surface area contributed by atoms with E-state index in [-0.39, 0.29) is 22.0 Å². The average Bonchev–Trinajstić information content (AvgIpc) is 2.90. The van der Waals surface area contributed by atoms with Crippen molar-refractivity contribution in [1.82, 2.24) is 0 Å². The Morgan fingerprint density at radius 2 is 1.92 bits per heavy atom. The third-order valence-electron chi connectivity index (χ3n) is 3.31. The molecule has 0 unspecified atom stereocenters. The first-order chi connectivity index (χ1) is 11.9. The van der Waals surface area contributed by atoms with Crippen molar-refractivity contribution >= 4 is 40.2 Å². The summed E-state index contributed by atoms with van der Waals surface area (Å²) in [6.07, 6.45) is 3.00. The molecule has 1 aromatic heterocycles. The molecule has 130 valence electrons. The number of thiophene rings is 1. The summed E-state index contributed by atoms with van der Waals surface area (Å²) >= 11 is 0.957. The molecule has 0 atom stereocenters. The summed E-state index contributed by atoms with van der Waals surface area (Å²) in [6.45, 7) is 3.45. The molecule has 0 saturated heterocycles. The number of benzene rings is 1. The minimum atomic E-state index is -0.659. The normalized spacial score (nSPS) is 10.6. The number of ether oxygens (including phenoxy) is 1. The maximum absolute atomic E-state index is 12.1. The van der Waals surface area contributed by atoms with E-state index in [4.69, 9.17) is 10.5 Å². The van der Waals surface area contributed by atoms with Gasteiger partial charge in [0.1, 0.15) is 5.00 Å². The molecule has 0 spiro atoms.